The molecule has 0 saturated heterocycles. The van der Waals surface area contributed by atoms with E-state index in [0.717, 1.165) is 24.1 Å². The van der Waals surface area contributed by atoms with E-state index in [0.29, 0.717) is 18.9 Å². The summed E-state index contributed by atoms with van der Waals surface area (Å²) in [5, 5.41) is 4.62. The van der Waals surface area contributed by atoms with Gasteiger partial charge in [-0.3, -0.25) is 4.68 Å². The summed E-state index contributed by atoms with van der Waals surface area (Å²) in [5.74, 6) is -0.439. The van der Waals surface area contributed by atoms with Crippen molar-refractivity contribution >= 4 is 11.6 Å². The number of nitrogens with zero attached hydrogens (tertiary/aromatic N) is 4. The van der Waals surface area contributed by atoms with Gasteiger partial charge >= 0.3 is 0 Å². The van der Waals surface area contributed by atoms with Crippen molar-refractivity contribution in [3.8, 4) is 23.0 Å². The van der Waals surface area contributed by atoms with Crippen LogP contribution in [0, 0.1) is 18.6 Å². The highest BCUT2D eigenvalue weighted by Gasteiger charge is 2.32. The van der Waals surface area contributed by atoms with Crippen molar-refractivity contribution in [2.24, 2.45) is 0 Å². The zero-order chi connectivity index (χ0) is 24.4. The van der Waals surface area contributed by atoms with Crippen molar-refractivity contribution in [1.29, 1.82) is 0 Å². The van der Waals surface area contributed by atoms with Gasteiger partial charge in [0.25, 0.3) is 0 Å². The van der Waals surface area contributed by atoms with Gasteiger partial charge in [-0.2, -0.15) is 5.10 Å². The zero-order valence-electron chi connectivity index (χ0n) is 19.4. The van der Waals surface area contributed by atoms with Gasteiger partial charge in [-0.25, -0.2) is 18.7 Å². The molecule has 0 unspecified atom stereocenters. The van der Waals surface area contributed by atoms with Gasteiger partial charge in [-0.05, 0) is 26.7 Å². The highest BCUT2D eigenvalue weighted by molar-refractivity contribution is 5.67. The number of ether oxygens (including phenoxy) is 3. The maximum Gasteiger partial charge on any atom is 0.204 e. The SMILES string of the molecule is CCOc1cc(F)c(Cn2nc(-c3nc(N)c(OCCOC)c(N)n3)c(C)c2C2CC2)c(F)c1. The average Bonchev–Trinajstić information content (AvgIpc) is 3.56. The molecule has 34 heavy (non-hydrogen) atoms. The molecule has 0 spiro atoms. The van der Waals surface area contributed by atoms with E-state index >= 15 is 0 Å². The molecule has 9 nitrogen and oxygen atoms in total. The van der Waals surface area contributed by atoms with Crippen LogP contribution >= 0.6 is 0 Å². The maximum atomic E-state index is 14.7. The maximum absolute atomic E-state index is 14.7. The van der Waals surface area contributed by atoms with Crippen LogP contribution in [0.5, 0.6) is 11.5 Å². The van der Waals surface area contributed by atoms with E-state index in [1.165, 1.54) is 12.1 Å². The van der Waals surface area contributed by atoms with Gasteiger partial charge in [0.05, 0.1) is 19.8 Å². The standard InChI is InChI=1S/C23H28F2N6O3/c1-4-33-14-9-16(24)15(17(25)10-14)11-31-19(13-5-6-13)12(2)18(30-31)23-28-21(26)20(22(27)29-23)34-8-7-32-3/h9-10,13H,4-8,11H2,1-3H3,(H4,26,27,28,29). The Labute approximate surface area is 196 Å². The Morgan fingerprint density at radius 3 is 2.26 bits per heavy atom. The summed E-state index contributed by atoms with van der Waals surface area (Å²) >= 11 is 0. The number of hydrogen-bond acceptors (Lipinski definition) is 8. The molecular formula is C23H28F2N6O3. The third kappa shape index (κ3) is 4.74. The van der Waals surface area contributed by atoms with Crippen molar-refractivity contribution in [3.63, 3.8) is 0 Å². The summed E-state index contributed by atoms with van der Waals surface area (Å²) in [5.41, 5.74) is 14.2. The van der Waals surface area contributed by atoms with E-state index < -0.39 is 11.6 Å². The van der Waals surface area contributed by atoms with Crippen LogP contribution in [0.15, 0.2) is 12.1 Å². The predicted octanol–water partition coefficient (Wildman–Crippen LogP) is 3.44. The lowest BCUT2D eigenvalue weighted by Crippen LogP contribution is -2.11. The van der Waals surface area contributed by atoms with Crippen LogP contribution in [-0.2, 0) is 11.3 Å². The first-order chi connectivity index (χ1) is 16.3. The van der Waals surface area contributed by atoms with Gasteiger partial charge in [-0.1, -0.05) is 0 Å². The number of hydrogen-bond donors (Lipinski definition) is 2. The quantitative estimate of drug-likeness (QED) is 0.429. The first kappa shape index (κ1) is 23.7. The van der Waals surface area contributed by atoms with E-state index in [1.54, 1.807) is 18.7 Å². The lowest BCUT2D eigenvalue weighted by atomic mass is 10.1. The summed E-state index contributed by atoms with van der Waals surface area (Å²) < 4.78 is 46.8. The summed E-state index contributed by atoms with van der Waals surface area (Å²) in [6.45, 7) is 4.46. The number of aromatic nitrogens is 4. The molecule has 3 aromatic rings. The van der Waals surface area contributed by atoms with Crippen LogP contribution < -0.4 is 20.9 Å². The molecule has 0 atom stereocenters. The van der Waals surface area contributed by atoms with Gasteiger partial charge < -0.3 is 25.7 Å². The average molecular weight is 475 g/mol. The van der Waals surface area contributed by atoms with E-state index in [2.05, 4.69) is 15.1 Å². The molecule has 4 N–H and O–H groups in total. The largest absolute Gasteiger partial charge is 0.494 e. The molecule has 0 amide bonds. The summed E-state index contributed by atoms with van der Waals surface area (Å²) in [6.07, 6.45) is 1.94. The molecule has 1 aliphatic rings. The Morgan fingerprint density at radius 1 is 1.06 bits per heavy atom. The Hall–Kier alpha value is -3.47. The van der Waals surface area contributed by atoms with Crippen molar-refractivity contribution < 1.29 is 23.0 Å². The van der Waals surface area contributed by atoms with Gasteiger partial charge in [0, 0.05) is 42.0 Å². The Kier molecular flexibility index (Phi) is 6.82. The highest BCUT2D eigenvalue weighted by Crippen LogP contribution is 2.44. The number of halogens is 2. The van der Waals surface area contributed by atoms with E-state index in [1.807, 2.05) is 6.92 Å². The zero-order valence-corrected chi connectivity index (χ0v) is 19.4. The minimum Gasteiger partial charge on any atom is -0.494 e. The molecule has 0 aliphatic heterocycles. The molecule has 1 saturated carbocycles. The summed E-state index contributed by atoms with van der Waals surface area (Å²) in [6, 6.07) is 2.37. The topological polar surface area (TPSA) is 123 Å². The molecule has 2 heterocycles. The van der Waals surface area contributed by atoms with Crippen LogP contribution in [-0.4, -0.2) is 46.7 Å². The molecule has 11 heteroatoms. The van der Waals surface area contributed by atoms with E-state index in [4.69, 9.17) is 25.7 Å². The molecule has 1 aliphatic carbocycles. The highest BCUT2D eigenvalue weighted by atomic mass is 19.1. The Balaban J connectivity index is 1.70. The molecule has 4 rings (SSSR count). The number of rotatable bonds is 10. The van der Waals surface area contributed by atoms with Crippen molar-refractivity contribution in [3.05, 3.63) is 40.6 Å². The Bertz CT molecular complexity index is 1150. The van der Waals surface area contributed by atoms with Crippen molar-refractivity contribution in [1.82, 2.24) is 19.7 Å². The molecule has 1 fully saturated rings. The van der Waals surface area contributed by atoms with Gasteiger partial charge in [0.2, 0.25) is 5.75 Å². The number of methoxy groups -OCH3 is 1. The third-order valence-electron chi connectivity index (χ3n) is 5.60. The lowest BCUT2D eigenvalue weighted by molar-refractivity contribution is 0.147. The Morgan fingerprint density at radius 2 is 1.71 bits per heavy atom. The second-order valence-electron chi connectivity index (χ2n) is 8.08. The van der Waals surface area contributed by atoms with E-state index in [-0.39, 0.29) is 53.6 Å². The lowest BCUT2D eigenvalue weighted by Gasteiger charge is -2.11. The monoisotopic (exact) mass is 474 g/mol. The molecule has 182 valence electrons. The number of nitrogen functional groups attached to an aromatic ring is 2. The number of anilines is 2. The molecule has 2 aromatic heterocycles. The normalized spacial score (nSPS) is 13.3. The van der Waals surface area contributed by atoms with Crippen LogP contribution in [0.25, 0.3) is 11.5 Å². The first-order valence-corrected chi connectivity index (χ1v) is 11.1. The van der Waals surface area contributed by atoms with Gasteiger partial charge in [0.1, 0.15) is 29.7 Å². The number of nitrogens with two attached hydrogens (primary N) is 2. The summed E-state index contributed by atoms with van der Waals surface area (Å²) in [7, 11) is 1.55. The van der Waals surface area contributed by atoms with Crippen LogP contribution in [0.4, 0.5) is 20.4 Å². The fraction of sp³-hybridized carbons (Fsp3) is 0.435. The van der Waals surface area contributed by atoms with Gasteiger partial charge in [-0.15, -0.1) is 0 Å². The second-order valence-corrected chi connectivity index (χ2v) is 8.08. The third-order valence-corrected chi connectivity index (χ3v) is 5.60. The minimum atomic E-state index is -0.692. The fourth-order valence-electron chi connectivity index (χ4n) is 3.87. The second kappa shape index (κ2) is 9.80. The number of benzene rings is 1. The van der Waals surface area contributed by atoms with Crippen molar-refractivity contribution in [2.75, 3.05) is 38.4 Å². The summed E-state index contributed by atoms with van der Waals surface area (Å²) in [4.78, 5) is 8.67. The van der Waals surface area contributed by atoms with Crippen LogP contribution in [0.3, 0.4) is 0 Å². The predicted molar refractivity (Wildman–Crippen MR) is 123 cm³/mol. The van der Waals surface area contributed by atoms with Crippen LogP contribution in [0.1, 0.15) is 42.5 Å². The van der Waals surface area contributed by atoms with E-state index in [9.17, 15) is 8.78 Å². The molecule has 0 bridgehead atoms. The molecule has 1 aromatic carbocycles. The van der Waals surface area contributed by atoms with Gasteiger partial charge in [0.15, 0.2) is 17.5 Å². The smallest absolute Gasteiger partial charge is 0.204 e. The molecular weight excluding hydrogens is 446 g/mol. The fourth-order valence-corrected chi connectivity index (χ4v) is 3.87. The first-order valence-electron chi connectivity index (χ1n) is 11.1. The van der Waals surface area contributed by atoms with Crippen LogP contribution in [0.2, 0.25) is 0 Å². The molecule has 0 radical (unpaired) electrons. The minimum absolute atomic E-state index is 0.0733. The van der Waals surface area contributed by atoms with Crippen molar-refractivity contribution in [2.45, 2.75) is 39.2 Å².